The number of ether oxygens (including phenoxy) is 1. The van der Waals surface area contributed by atoms with Crippen molar-refractivity contribution < 1.29 is 9.84 Å². The summed E-state index contributed by atoms with van der Waals surface area (Å²) in [5, 5.41) is 13.2. The molecule has 0 aliphatic heterocycles. The van der Waals surface area contributed by atoms with Gasteiger partial charge in [0.2, 0.25) is 0 Å². The van der Waals surface area contributed by atoms with E-state index in [1.807, 2.05) is 0 Å². The topological polar surface area (TPSA) is 41.5 Å². The zero-order chi connectivity index (χ0) is 12.4. The van der Waals surface area contributed by atoms with Gasteiger partial charge in [0.1, 0.15) is 0 Å². The molecule has 16 heavy (non-hydrogen) atoms. The highest BCUT2D eigenvalue weighted by atomic mass is 16.5. The molecule has 96 valence electrons. The molecule has 0 amide bonds. The van der Waals surface area contributed by atoms with E-state index in [0.29, 0.717) is 6.04 Å². The second-order valence-corrected chi connectivity index (χ2v) is 6.41. The minimum atomic E-state index is -0.146. The molecule has 2 unspecified atom stereocenters. The largest absolute Gasteiger partial charge is 0.392 e. The number of nitrogens with one attached hydrogen (secondary N) is 1. The Morgan fingerprint density at radius 1 is 1.44 bits per heavy atom. The van der Waals surface area contributed by atoms with Crippen LogP contribution in [0, 0.1) is 10.8 Å². The third-order valence-corrected chi connectivity index (χ3v) is 4.03. The van der Waals surface area contributed by atoms with Crippen molar-refractivity contribution in [3.8, 4) is 0 Å². The zero-order valence-electron chi connectivity index (χ0n) is 11.3. The van der Waals surface area contributed by atoms with Crippen LogP contribution in [0.1, 0.15) is 40.5 Å². The van der Waals surface area contributed by atoms with Gasteiger partial charge in [-0.2, -0.15) is 0 Å². The van der Waals surface area contributed by atoms with Crippen LogP contribution in [0.25, 0.3) is 0 Å². The van der Waals surface area contributed by atoms with E-state index in [-0.39, 0.29) is 16.9 Å². The molecule has 2 atom stereocenters. The summed E-state index contributed by atoms with van der Waals surface area (Å²) in [6.45, 7) is 10.5. The first-order valence-electron chi connectivity index (χ1n) is 6.20. The monoisotopic (exact) mass is 229 g/mol. The molecule has 3 heteroatoms. The lowest BCUT2D eigenvalue weighted by atomic mass is 9.64. The molecule has 1 rings (SSSR count). The maximum Gasteiger partial charge on any atom is 0.0621 e. The number of aliphatic hydroxyl groups is 1. The molecule has 1 aliphatic carbocycles. The molecule has 0 spiro atoms. The lowest BCUT2D eigenvalue weighted by molar-refractivity contribution is -0.0749. The Hall–Kier alpha value is -0.120. The molecule has 2 N–H and O–H groups in total. The quantitative estimate of drug-likeness (QED) is 0.730. The average Bonchev–Trinajstić information content (AvgIpc) is 2.21. The Kier molecular flexibility index (Phi) is 4.38. The van der Waals surface area contributed by atoms with Gasteiger partial charge in [-0.3, -0.25) is 0 Å². The Bertz CT molecular complexity index is 226. The Morgan fingerprint density at radius 2 is 2.06 bits per heavy atom. The van der Waals surface area contributed by atoms with E-state index in [2.05, 4.69) is 33.0 Å². The van der Waals surface area contributed by atoms with E-state index >= 15 is 0 Å². The Morgan fingerprint density at radius 3 is 2.50 bits per heavy atom. The van der Waals surface area contributed by atoms with Crippen LogP contribution in [0.5, 0.6) is 0 Å². The summed E-state index contributed by atoms with van der Waals surface area (Å²) >= 11 is 0. The third kappa shape index (κ3) is 3.19. The molecular weight excluding hydrogens is 202 g/mol. The molecule has 3 nitrogen and oxygen atoms in total. The number of hydrogen-bond acceptors (Lipinski definition) is 3. The van der Waals surface area contributed by atoms with E-state index in [9.17, 15) is 5.11 Å². The van der Waals surface area contributed by atoms with Gasteiger partial charge in [-0.15, -0.1) is 0 Å². The van der Waals surface area contributed by atoms with Gasteiger partial charge in [0.25, 0.3) is 0 Å². The predicted octanol–water partition coefficient (Wildman–Crippen LogP) is 1.80. The summed E-state index contributed by atoms with van der Waals surface area (Å²) < 4.78 is 5.12. The van der Waals surface area contributed by atoms with Crippen LogP contribution in [0.4, 0.5) is 0 Å². The Balaban J connectivity index is 2.29. The van der Waals surface area contributed by atoms with Gasteiger partial charge in [-0.25, -0.2) is 0 Å². The molecule has 0 bridgehead atoms. The molecule has 0 radical (unpaired) electrons. The smallest absolute Gasteiger partial charge is 0.0621 e. The van der Waals surface area contributed by atoms with Crippen LogP contribution in [0.2, 0.25) is 0 Å². The highest BCUT2D eigenvalue weighted by molar-refractivity contribution is 5.02. The standard InChI is InChI=1S/C13H27NO2/c1-12(2,6-7-16-5)9-14-10-8-11(15)13(10,3)4/h10-11,14-15H,6-9H2,1-5H3. The number of rotatable bonds is 6. The minimum Gasteiger partial charge on any atom is -0.392 e. The van der Waals surface area contributed by atoms with Gasteiger partial charge in [-0.05, 0) is 18.3 Å². The lowest BCUT2D eigenvalue weighted by Gasteiger charge is -2.50. The summed E-state index contributed by atoms with van der Waals surface area (Å²) in [7, 11) is 1.74. The molecule has 0 saturated heterocycles. The van der Waals surface area contributed by atoms with Crippen molar-refractivity contribution in [3.05, 3.63) is 0 Å². The predicted molar refractivity (Wildman–Crippen MR) is 66.5 cm³/mol. The number of methoxy groups -OCH3 is 1. The second kappa shape index (κ2) is 5.03. The van der Waals surface area contributed by atoms with E-state index in [0.717, 1.165) is 26.0 Å². The first-order chi connectivity index (χ1) is 7.29. The van der Waals surface area contributed by atoms with Crippen LogP contribution in [0.15, 0.2) is 0 Å². The highest BCUT2D eigenvalue weighted by Crippen LogP contribution is 2.40. The van der Waals surface area contributed by atoms with Crippen molar-refractivity contribution >= 4 is 0 Å². The SMILES string of the molecule is COCCC(C)(C)CNC1CC(O)C1(C)C. The Labute approximate surface area is 99.6 Å². The second-order valence-electron chi connectivity index (χ2n) is 6.41. The first kappa shape index (κ1) is 13.9. The highest BCUT2D eigenvalue weighted by Gasteiger charge is 2.47. The van der Waals surface area contributed by atoms with Crippen LogP contribution in [0.3, 0.4) is 0 Å². The van der Waals surface area contributed by atoms with Gasteiger partial charge in [0.15, 0.2) is 0 Å². The van der Waals surface area contributed by atoms with Gasteiger partial charge in [0.05, 0.1) is 6.10 Å². The molecule has 0 aromatic heterocycles. The van der Waals surface area contributed by atoms with Crippen LogP contribution in [-0.4, -0.2) is 37.5 Å². The van der Waals surface area contributed by atoms with Crippen molar-refractivity contribution in [2.75, 3.05) is 20.3 Å². The van der Waals surface area contributed by atoms with Gasteiger partial charge >= 0.3 is 0 Å². The number of aliphatic hydroxyl groups excluding tert-OH is 1. The summed E-state index contributed by atoms with van der Waals surface area (Å²) in [6.07, 6.45) is 1.80. The molecule has 0 heterocycles. The maximum absolute atomic E-state index is 9.66. The first-order valence-corrected chi connectivity index (χ1v) is 6.20. The fourth-order valence-electron chi connectivity index (χ4n) is 2.12. The van der Waals surface area contributed by atoms with E-state index in [4.69, 9.17) is 4.74 Å². The van der Waals surface area contributed by atoms with Crippen LogP contribution < -0.4 is 5.32 Å². The number of hydrogen-bond donors (Lipinski definition) is 2. The van der Waals surface area contributed by atoms with Crippen molar-refractivity contribution in [3.63, 3.8) is 0 Å². The third-order valence-electron chi connectivity index (χ3n) is 4.03. The maximum atomic E-state index is 9.66. The molecule has 0 aromatic rings. The fraction of sp³-hybridized carbons (Fsp3) is 1.00. The molecular formula is C13H27NO2. The molecule has 1 aliphatic rings. The van der Waals surface area contributed by atoms with Gasteiger partial charge in [0, 0.05) is 31.7 Å². The van der Waals surface area contributed by atoms with E-state index in [1.165, 1.54) is 0 Å². The van der Waals surface area contributed by atoms with Crippen LogP contribution in [-0.2, 0) is 4.74 Å². The summed E-state index contributed by atoms with van der Waals surface area (Å²) in [5.41, 5.74) is 0.282. The normalized spacial score (nSPS) is 28.9. The summed E-state index contributed by atoms with van der Waals surface area (Å²) in [4.78, 5) is 0. The molecule has 1 fully saturated rings. The van der Waals surface area contributed by atoms with E-state index in [1.54, 1.807) is 7.11 Å². The molecule has 1 saturated carbocycles. The van der Waals surface area contributed by atoms with Crippen molar-refractivity contribution in [2.24, 2.45) is 10.8 Å². The van der Waals surface area contributed by atoms with Crippen molar-refractivity contribution in [1.29, 1.82) is 0 Å². The van der Waals surface area contributed by atoms with E-state index < -0.39 is 0 Å². The molecule has 0 aromatic carbocycles. The van der Waals surface area contributed by atoms with Crippen LogP contribution >= 0.6 is 0 Å². The minimum absolute atomic E-state index is 0.0251. The summed E-state index contributed by atoms with van der Waals surface area (Å²) in [5.74, 6) is 0. The fourth-order valence-corrected chi connectivity index (χ4v) is 2.12. The van der Waals surface area contributed by atoms with Crippen molar-refractivity contribution in [2.45, 2.75) is 52.7 Å². The average molecular weight is 229 g/mol. The zero-order valence-corrected chi connectivity index (χ0v) is 11.3. The lowest BCUT2D eigenvalue weighted by Crippen LogP contribution is -2.61. The summed E-state index contributed by atoms with van der Waals surface area (Å²) in [6, 6.07) is 0.448. The van der Waals surface area contributed by atoms with Gasteiger partial charge < -0.3 is 15.2 Å². The van der Waals surface area contributed by atoms with Crippen molar-refractivity contribution in [1.82, 2.24) is 5.32 Å². The van der Waals surface area contributed by atoms with Gasteiger partial charge in [-0.1, -0.05) is 27.7 Å².